The Morgan fingerprint density at radius 2 is 2.12 bits per heavy atom. The van der Waals surface area contributed by atoms with Crippen LogP contribution in [0.3, 0.4) is 0 Å². The minimum Gasteiger partial charge on any atom is -0.250 e. The average molecular weight is 258 g/mol. The molecule has 6 nitrogen and oxygen atoms in total. The van der Waals surface area contributed by atoms with Crippen LogP contribution >= 0.6 is 0 Å². The van der Waals surface area contributed by atoms with E-state index in [0.29, 0.717) is 6.04 Å². The van der Waals surface area contributed by atoms with Crippen LogP contribution in [0.25, 0.3) is 0 Å². The smallest absolute Gasteiger partial charge is 0.250 e. The standard InChI is InChI=1S/C10H18N4O2S/c1-2-17(15,16)13-10-11-8-14(12-10)9-6-4-3-5-7-9/h8-9H,2-7H2,1H3,(H,12,13). The normalized spacial score (nSPS) is 18.2. The Hall–Kier alpha value is -1.11. The third kappa shape index (κ3) is 3.18. The summed E-state index contributed by atoms with van der Waals surface area (Å²) in [6, 6.07) is 0.371. The molecule has 0 radical (unpaired) electrons. The molecule has 1 aliphatic carbocycles. The molecule has 0 spiro atoms. The molecule has 2 rings (SSSR count). The maximum Gasteiger partial charge on any atom is 0.255 e. The molecule has 0 bridgehead atoms. The SMILES string of the molecule is CCS(=O)(=O)Nc1ncn(C2CCCCC2)n1. The van der Waals surface area contributed by atoms with E-state index in [1.54, 1.807) is 17.9 Å². The molecular formula is C10H18N4O2S. The average Bonchev–Trinajstić information content (AvgIpc) is 2.78. The molecule has 1 aromatic rings. The second kappa shape index (κ2) is 5.03. The molecule has 0 aromatic carbocycles. The van der Waals surface area contributed by atoms with Gasteiger partial charge in [0.1, 0.15) is 6.33 Å². The Balaban J connectivity index is 2.05. The number of aromatic nitrogens is 3. The minimum atomic E-state index is -3.28. The zero-order valence-electron chi connectivity index (χ0n) is 9.96. The van der Waals surface area contributed by atoms with Crippen LogP contribution in [0.1, 0.15) is 45.1 Å². The number of nitrogens with zero attached hydrogens (tertiary/aromatic N) is 3. The van der Waals surface area contributed by atoms with Gasteiger partial charge in [-0.25, -0.2) is 17.8 Å². The van der Waals surface area contributed by atoms with E-state index in [1.807, 2.05) is 0 Å². The first kappa shape index (κ1) is 12.3. The molecule has 96 valence electrons. The fourth-order valence-electron chi connectivity index (χ4n) is 2.05. The Bertz CT molecular complexity index is 462. The van der Waals surface area contributed by atoms with Crippen molar-refractivity contribution in [3.63, 3.8) is 0 Å². The molecule has 0 aliphatic heterocycles. The third-order valence-corrected chi connectivity index (χ3v) is 4.34. The number of hydrogen-bond acceptors (Lipinski definition) is 4. The lowest BCUT2D eigenvalue weighted by Crippen LogP contribution is -2.17. The fraction of sp³-hybridized carbons (Fsp3) is 0.800. The lowest BCUT2D eigenvalue weighted by molar-refractivity contribution is 0.329. The molecular weight excluding hydrogens is 240 g/mol. The Morgan fingerprint density at radius 3 is 2.76 bits per heavy atom. The highest BCUT2D eigenvalue weighted by atomic mass is 32.2. The van der Waals surface area contributed by atoms with E-state index >= 15 is 0 Å². The largest absolute Gasteiger partial charge is 0.255 e. The second-order valence-corrected chi connectivity index (χ2v) is 6.36. The van der Waals surface area contributed by atoms with Crippen LogP contribution < -0.4 is 4.72 Å². The first-order valence-corrected chi connectivity index (χ1v) is 7.67. The highest BCUT2D eigenvalue weighted by Gasteiger charge is 2.17. The van der Waals surface area contributed by atoms with Crippen molar-refractivity contribution in [2.24, 2.45) is 0 Å². The Morgan fingerprint density at radius 1 is 1.41 bits per heavy atom. The summed E-state index contributed by atoms with van der Waals surface area (Å²) in [6.45, 7) is 1.58. The molecule has 1 saturated carbocycles. The van der Waals surface area contributed by atoms with Crippen molar-refractivity contribution in [1.82, 2.24) is 14.8 Å². The molecule has 7 heteroatoms. The van der Waals surface area contributed by atoms with Crippen LogP contribution in [0, 0.1) is 0 Å². The van der Waals surface area contributed by atoms with Gasteiger partial charge in [0.05, 0.1) is 11.8 Å². The van der Waals surface area contributed by atoms with Gasteiger partial charge in [0.25, 0.3) is 5.95 Å². The van der Waals surface area contributed by atoms with Gasteiger partial charge in [-0.05, 0) is 19.8 Å². The summed E-state index contributed by atoms with van der Waals surface area (Å²) < 4.78 is 26.8. The molecule has 0 amide bonds. The molecule has 1 N–H and O–H groups in total. The molecule has 1 fully saturated rings. The predicted octanol–water partition coefficient (Wildman–Crippen LogP) is 1.54. The zero-order chi connectivity index (χ0) is 12.3. The number of nitrogens with one attached hydrogen (secondary N) is 1. The quantitative estimate of drug-likeness (QED) is 0.888. The van der Waals surface area contributed by atoms with Crippen molar-refractivity contribution in [3.05, 3.63) is 6.33 Å². The molecule has 0 unspecified atom stereocenters. The van der Waals surface area contributed by atoms with Gasteiger partial charge in [-0.2, -0.15) is 4.98 Å². The van der Waals surface area contributed by atoms with Gasteiger partial charge in [0, 0.05) is 0 Å². The maximum atomic E-state index is 11.4. The van der Waals surface area contributed by atoms with Gasteiger partial charge in [0.2, 0.25) is 10.0 Å². The summed E-state index contributed by atoms with van der Waals surface area (Å²) in [6.07, 6.45) is 7.51. The second-order valence-electron chi connectivity index (χ2n) is 4.35. The van der Waals surface area contributed by atoms with E-state index in [2.05, 4.69) is 14.8 Å². The first-order valence-electron chi connectivity index (χ1n) is 6.02. The van der Waals surface area contributed by atoms with Crippen LogP contribution in [0.15, 0.2) is 6.33 Å². The van der Waals surface area contributed by atoms with Crippen molar-refractivity contribution in [2.75, 3.05) is 10.5 Å². The van der Waals surface area contributed by atoms with Crippen molar-refractivity contribution >= 4 is 16.0 Å². The summed E-state index contributed by atoms with van der Waals surface area (Å²) in [5, 5.41) is 4.18. The van der Waals surface area contributed by atoms with Gasteiger partial charge in [-0.3, -0.25) is 0 Å². The highest BCUT2D eigenvalue weighted by molar-refractivity contribution is 7.92. The van der Waals surface area contributed by atoms with Crippen LogP contribution in [0.2, 0.25) is 0 Å². The molecule has 0 atom stereocenters. The van der Waals surface area contributed by atoms with Crippen molar-refractivity contribution in [2.45, 2.75) is 45.1 Å². The van der Waals surface area contributed by atoms with E-state index in [0.717, 1.165) is 12.8 Å². The van der Waals surface area contributed by atoms with Crippen LogP contribution in [0.4, 0.5) is 5.95 Å². The summed E-state index contributed by atoms with van der Waals surface area (Å²) in [4.78, 5) is 3.99. The van der Waals surface area contributed by atoms with Gasteiger partial charge in [-0.1, -0.05) is 19.3 Å². The zero-order valence-corrected chi connectivity index (χ0v) is 10.8. The van der Waals surface area contributed by atoms with Gasteiger partial charge < -0.3 is 0 Å². The highest BCUT2D eigenvalue weighted by Crippen LogP contribution is 2.27. The van der Waals surface area contributed by atoms with Gasteiger partial charge in [0.15, 0.2) is 0 Å². The summed E-state index contributed by atoms with van der Waals surface area (Å²) in [7, 11) is -3.28. The summed E-state index contributed by atoms with van der Waals surface area (Å²) in [5.41, 5.74) is 0. The van der Waals surface area contributed by atoms with Crippen LogP contribution in [-0.4, -0.2) is 28.9 Å². The van der Waals surface area contributed by atoms with Crippen molar-refractivity contribution in [1.29, 1.82) is 0 Å². The lowest BCUT2D eigenvalue weighted by Gasteiger charge is -2.21. The van der Waals surface area contributed by atoms with Crippen LogP contribution in [0.5, 0.6) is 0 Å². The summed E-state index contributed by atoms with van der Waals surface area (Å²) >= 11 is 0. The van der Waals surface area contributed by atoms with E-state index in [1.165, 1.54) is 19.3 Å². The predicted molar refractivity (Wildman–Crippen MR) is 65.2 cm³/mol. The lowest BCUT2D eigenvalue weighted by atomic mass is 9.96. The number of rotatable bonds is 4. The van der Waals surface area contributed by atoms with Gasteiger partial charge in [-0.15, -0.1) is 5.10 Å². The number of sulfonamides is 1. The number of anilines is 1. The van der Waals surface area contributed by atoms with E-state index in [4.69, 9.17) is 0 Å². The fourth-order valence-corrected chi connectivity index (χ4v) is 2.57. The summed E-state index contributed by atoms with van der Waals surface area (Å²) in [5.74, 6) is 0.211. The van der Waals surface area contributed by atoms with E-state index in [-0.39, 0.29) is 11.7 Å². The van der Waals surface area contributed by atoms with Crippen LogP contribution in [-0.2, 0) is 10.0 Å². The topological polar surface area (TPSA) is 76.9 Å². The third-order valence-electron chi connectivity index (χ3n) is 3.08. The van der Waals surface area contributed by atoms with Crippen molar-refractivity contribution < 1.29 is 8.42 Å². The first-order chi connectivity index (χ1) is 8.11. The molecule has 1 aliphatic rings. The minimum absolute atomic E-state index is 0.0327. The monoisotopic (exact) mass is 258 g/mol. The molecule has 1 heterocycles. The Labute approximate surface area is 101 Å². The molecule has 17 heavy (non-hydrogen) atoms. The van der Waals surface area contributed by atoms with E-state index in [9.17, 15) is 8.42 Å². The molecule has 1 aromatic heterocycles. The van der Waals surface area contributed by atoms with E-state index < -0.39 is 10.0 Å². The maximum absolute atomic E-state index is 11.4. The Kier molecular flexibility index (Phi) is 3.66. The van der Waals surface area contributed by atoms with Crippen molar-refractivity contribution in [3.8, 4) is 0 Å². The van der Waals surface area contributed by atoms with Gasteiger partial charge >= 0.3 is 0 Å². The molecule has 0 saturated heterocycles. The number of hydrogen-bond donors (Lipinski definition) is 1.